The third kappa shape index (κ3) is 4.64. The van der Waals surface area contributed by atoms with Crippen molar-refractivity contribution in [3.8, 4) is 0 Å². The van der Waals surface area contributed by atoms with Gasteiger partial charge in [-0.05, 0) is 18.9 Å². The monoisotopic (exact) mass is 375 g/mol. The molecular formula is C15H26ClN5O2S. The zero-order valence-electron chi connectivity index (χ0n) is 14.7. The van der Waals surface area contributed by atoms with E-state index < -0.39 is 10.0 Å². The molecule has 1 aromatic heterocycles. The molecule has 0 bridgehead atoms. The zero-order valence-corrected chi connectivity index (χ0v) is 16.2. The molecule has 7 nitrogen and oxygen atoms in total. The first-order chi connectivity index (χ1) is 11.2. The van der Waals surface area contributed by atoms with Gasteiger partial charge in [-0.2, -0.15) is 4.31 Å². The normalized spacial score (nSPS) is 19.7. The molecule has 0 aliphatic carbocycles. The van der Waals surface area contributed by atoms with Crippen molar-refractivity contribution in [3.05, 3.63) is 23.0 Å². The van der Waals surface area contributed by atoms with Gasteiger partial charge in [0.05, 0.1) is 17.8 Å². The number of nitrogens with zero attached hydrogens (tertiary/aromatic N) is 4. The lowest BCUT2D eigenvalue weighted by molar-refractivity contribution is 0.379. The van der Waals surface area contributed by atoms with Gasteiger partial charge in [-0.15, -0.1) is 0 Å². The maximum Gasteiger partial charge on any atom is 0.211 e. The van der Waals surface area contributed by atoms with Crippen LogP contribution in [0.2, 0.25) is 5.02 Å². The molecule has 0 aromatic carbocycles. The quantitative estimate of drug-likeness (QED) is 0.618. The lowest BCUT2D eigenvalue weighted by atomic mass is 10.2. The van der Waals surface area contributed by atoms with E-state index in [2.05, 4.69) is 10.3 Å². The van der Waals surface area contributed by atoms with E-state index in [0.717, 1.165) is 24.5 Å². The molecular weight excluding hydrogens is 350 g/mol. The van der Waals surface area contributed by atoms with E-state index in [1.165, 1.54) is 6.26 Å². The third-order valence-corrected chi connectivity index (χ3v) is 5.83. The molecule has 1 atom stereocenters. The van der Waals surface area contributed by atoms with Crippen LogP contribution in [0.25, 0.3) is 0 Å². The molecule has 136 valence electrons. The summed E-state index contributed by atoms with van der Waals surface area (Å²) in [5.74, 6) is 0.729. The Balaban J connectivity index is 1.96. The van der Waals surface area contributed by atoms with Gasteiger partial charge < -0.3 is 14.8 Å². The van der Waals surface area contributed by atoms with E-state index in [1.54, 1.807) is 11.4 Å². The second-order valence-corrected chi connectivity index (χ2v) is 8.59. The fraction of sp³-hybridized carbons (Fsp3) is 0.667. The van der Waals surface area contributed by atoms with Crippen molar-refractivity contribution in [2.75, 3.05) is 33.4 Å². The first-order valence-corrected chi connectivity index (χ1v) is 10.1. The zero-order chi connectivity index (χ0) is 17.9. The number of aryl methyl sites for hydroxylation is 1. The van der Waals surface area contributed by atoms with E-state index in [1.807, 2.05) is 35.8 Å². The van der Waals surface area contributed by atoms with Crippen molar-refractivity contribution in [2.45, 2.75) is 25.4 Å². The molecule has 24 heavy (non-hydrogen) atoms. The third-order valence-electron chi connectivity index (χ3n) is 4.29. The molecule has 0 spiro atoms. The molecule has 1 aromatic rings. The Morgan fingerprint density at radius 2 is 2.25 bits per heavy atom. The van der Waals surface area contributed by atoms with Gasteiger partial charge in [0.25, 0.3) is 0 Å². The van der Waals surface area contributed by atoms with Crippen LogP contribution >= 0.6 is 11.6 Å². The summed E-state index contributed by atoms with van der Waals surface area (Å²) in [4.78, 5) is 6.28. The topological polar surface area (TPSA) is 69.9 Å². The molecule has 1 fully saturated rings. The van der Waals surface area contributed by atoms with Crippen molar-refractivity contribution < 1.29 is 8.42 Å². The molecule has 0 unspecified atom stereocenters. The second-order valence-electron chi connectivity index (χ2n) is 6.21. The molecule has 1 saturated heterocycles. The summed E-state index contributed by atoms with van der Waals surface area (Å²) in [6.07, 6.45) is 4.90. The van der Waals surface area contributed by atoms with Crippen molar-refractivity contribution in [3.63, 3.8) is 0 Å². The molecule has 1 N–H and O–H groups in total. The smallest absolute Gasteiger partial charge is 0.211 e. The molecule has 9 heteroatoms. The Bertz CT molecular complexity index is 701. The highest BCUT2D eigenvalue weighted by Crippen LogP contribution is 2.19. The summed E-state index contributed by atoms with van der Waals surface area (Å²) in [6, 6.07) is 1.91. The van der Waals surface area contributed by atoms with Crippen LogP contribution in [0.3, 0.4) is 0 Å². The predicted molar refractivity (Wildman–Crippen MR) is 97.8 cm³/mol. The van der Waals surface area contributed by atoms with Crippen molar-refractivity contribution in [2.24, 2.45) is 12.0 Å². The highest BCUT2D eigenvalue weighted by molar-refractivity contribution is 7.88. The Morgan fingerprint density at radius 3 is 2.79 bits per heavy atom. The standard InChI is InChI=1S/C15H26ClN5O2S/c1-17-15(20(3)11-14-8-12(16)10-19(14)2)18-9-13-6-5-7-21(13)24(4,22)23/h8,10,13H,5-7,9,11H2,1-4H3,(H,17,18)/t13-/m1/s1. The summed E-state index contributed by atoms with van der Waals surface area (Å²) in [6.45, 7) is 1.81. The Kier molecular flexibility index (Phi) is 6.17. The summed E-state index contributed by atoms with van der Waals surface area (Å²) in [7, 11) is 2.46. The van der Waals surface area contributed by atoms with Gasteiger partial charge in [0.1, 0.15) is 0 Å². The molecule has 2 rings (SSSR count). The predicted octanol–water partition coefficient (Wildman–Crippen LogP) is 1.11. The fourth-order valence-corrected chi connectivity index (χ4v) is 4.54. The van der Waals surface area contributed by atoms with Gasteiger partial charge in [-0.25, -0.2) is 8.42 Å². The number of aliphatic imine (C=N–C) groups is 1. The minimum atomic E-state index is -3.16. The minimum absolute atomic E-state index is 0.0189. The molecule has 0 saturated carbocycles. The van der Waals surface area contributed by atoms with E-state index in [0.29, 0.717) is 24.7 Å². The summed E-state index contributed by atoms with van der Waals surface area (Å²) in [5.41, 5.74) is 1.07. The first-order valence-electron chi connectivity index (χ1n) is 7.91. The lowest BCUT2D eigenvalue weighted by Crippen LogP contribution is -2.46. The van der Waals surface area contributed by atoms with Crippen LogP contribution in [0.4, 0.5) is 0 Å². The number of hydrogen-bond donors (Lipinski definition) is 1. The Morgan fingerprint density at radius 1 is 1.54 bits per heavy atom. The minimum Gasteiger partial charge on any atom is -0.355 e. The first kappa shape index (κ1) is 19.1. The molecule has 0 radical (unpaired) electrons. The van der Waals surface area contributed by atoms with Crippen molar-refractivity contribution >= 4 is 27.6 Å². The number of nitrogens with one attached hydrogen (secondary N) is 1. The fourth-order valence-electron chi connectivity index (χ4n) is 3.08. The van der Waals surface area contributed by atoms with Crippen LogP contribution in [0.5, 0.6) is 0 Å². The highest BCUT2D eigenvalue weighted by atomic mass is 35.5. The van der Waals surface area contributed by atoms with Gasteiger partial charge in [0, 0.05) is 52.2 Å². The maximum atomic E-state index is 11.8. The highest BCUT2D eigenvalue weighted by Gasteiger charge is 2.31. The van der Waals surface area contributed by atoms with Crippen LogP contribution < -0.4 is 5.32 Å². The van der Waals surface area contributed by atoms with E-state index in [9.17, 15) is 8.42 Å². The largest absolute Gasteiger partial charge is 0.355 e. The average molecular weight is 376 g/mol. The number of guanidine groups is 1. The second kappa shape index (κ2) is 7.76. The Hall–Kier alpha value is -1.25. The van der Waals surface area contributed by atoms with Crippen LogP contribution in [0.1, 0.15) is 18.5 Å². The lowest BCUT2D eigenvalue weighted by Gasteiger charge is -2.26. The van der Waals surface area contributed by atoms with Crippen LogP contribution in [-0.2, 0) is 23.6 Å². The Labute approximate surface area is 149 Å². The summed E-state index contributed by atoms with van der Waals surface area (Å²) in [5, 5.41) is 3.99. The van der Waals surface area contributed by atoms with Crippen LogP contribution in [0.15, 0.2) is 17.3 Å². The average Bonchev–Trinajstić information content (AvgIpc) is 3.06. The van der Waals surface area contributed by atoms with Crippen LogP contribution in [-0.4, -0.2) is 67.6 Å². The number of aromatic nitrogens is 1. The summed E-state index contributed by atoms with van der Waals surface area (Å²) < 4.78 is 27.2. The molecule has 0 amide bonds. The van der Waals surface area contributed by atoms with Gasteiger partial charge in [-0.1, -0.05) is 11.6 Å². The molecule has 2 heterocycles. The van der Waals surface area contributed by atoms with E-state index >= 15 is 0 Å². The SMILES string of the molecule is CN=C(NC[C@H]1CCCN1S(C)(=O)=O)N(C)Cc1cc(Cl)cn1C. The number of halogens is 1. The van der Waals surface area contributed by atoms with E-state index in [-0.39, 0.29) is 6.04 Å². The van der Waals surface area contributed by atoms with Gasteiger partial charge in [-0.3, -0.25) is 4.99 Å². The number of sulfonamides is 1. The van der Waals surface area contributed by atoms with Gasteiger partial charge in [0.15, 0.2) is 5.96 Å². The number of rotatable bonds is 5. The summed E-state index contributed by atoms with van der Waals surface area (Å²) >= 11 is 6.02. The van der Waals surface area contributed by atoms with Gasteiger partial charge in [0.2, 0.25) is 10.0 Å². The van der Waals surface area contributed by atoms with Crippen molar-refractivity contribution in [1.82, 2.24) is 19.1 Å². The maximum absolute atomic E-state index is 11.8. The van der Waals surface area contributed by atoms with E-state index in [4.69, 9.17) is 11.6 Å². The van der Waals surface area contributed by atoms with Gasteiger partial charge >= 0.3 is 0 Å². The van der Waals surface area contributed by atoms with Crippen LogP contribution in [0, 0.1) is 0 Å². The molecule has 1 aliphatic rings. The molecule has 1 aliphatic heterocycles. The van der Waals surface area contributed by atoms with Crippen molar-refractivity contribution in [1.29, 1.82) is 0 Å². The number of hydrogen-bond acceptors (Lipinski definition) is 3.